The van der Waals surface area contributed by atoms with Crippen molar-refractivity contribution in [3.63, 3.8) is 0 Å². The summed E-state index contributed by atoms with van der Waals surface area (Å²) >= 11 is 0. The fraction of sp³-hybridized carbons (Fsp3) is 0.250. The molecule has 0 aliphatic heterocycles. The summed E-state index contributed by atoms with van der Waals surface area (Å²) in [5.74, 6) is -0.962. The van der Waals surface area contributed by atoms with Gasteiger partial charge in [0.05, 0.1) is 12.0 Å². The number of hydrogen-bond donors (Lipinski definition) is 1. The number of allylic oxidation sites excluding steroid dienone is 1. The highest BCUT2D eigenvalue weighted by atomic mass is 32.2. The van der Waals surface area contributed by atoms with Gasteiger partial charge in [0.15, 0.2) is 4.91 Å². The van der Waals surface area contributed by atoms with Gasteiger partial charge in [-0.2, -0.15) is 0 Å². The molecule has 0 atom stereocenters. The van der Waals surface area contributed by atoms with Crippen LogP contribution in [0.1, 0.15) is 12.5 Å². The van der Waals surface area contributed by atoms with Crippen molar-refractivity contribution in [2.24, 2.45) is 5.73 Å². The minimum absolute atomic E-state index is 0.0123. The lowest BCUT2D eigenvalue weighted by atomic mass is 10.2. The summed E-state index contributed by atoms with van der Waals surface area (Å²) in [5.41, 5.74) is 6.29. The summed E-state index contributed by atoms with van der Waals surface area (Å²) in [6, 6.07) is 6.15. The van der Waals surface area contributed by atoms with Crippen LogP contribution >= 0.6 is 0 Å². The second kappa shape index (κ2) is 5.22. The molecule has 1 rings (SSSR count). The number of esters is 1. The average Bonchev–Trinajstić information content (AvgIpc) is 2.28. The lowest BCUT2D eigenvalue weighted by Crippen LogP contribution is -2.19. The van der Waals surface area contributed by atoms with Crippen molar-refractivity contribution >= 4 is 15.8 Å². The van der Waals surface area contributed by atoms with Crippen molar-refractivity contribution in [3.05, 3.63) is 40.4 Å². The molecule has 0 fully saturated rings. The van der Waals surface area contributed by atoms with E-state index in [0.717, 1.165) is 12.7 Å². The van der Waals surface area contributed by atoms with E-state index in [0.29, 0.717) is 0 Å². The first-order valence-corrected chi connectivity index (χ1v) is 6.65. The Bertz CT molecular complexity index is 581. The van der Waals surface area contributed by atoms with Gasteiger partial charge >= 0.3 is 5.97 Å². The molecule has 0 amide bonds. The molecule has 0 spiro atoms. The summed E-state index contributed by atoms with van der Waals surface area (Å²) in [6.45, 7) is 3.18. The highest BCUT2D eigenvalue weighted by molar-refractivity contribution is 7.96. The minimum Gasteiger partial charge on any atom is -0.465 e. The van der Waals surface area contributed by atoms with Crippen LogP contribution in [0.5, 0.6) is 0 Å². The van der Waals surface area contributed by atoms with Gasteiger partial charge in [-0.25, -0.2) is 13.2 Å². The van der Waals surface area contributed by atoms with Crippen LogP contribution in [0.15, 0.2) is 39.8 Å². The lowest BCUT2D eigenvalue weighted by Gasteiger charge is -2.09. The van der Waals surface area contributed by atoms with Crippen LogP contribution in [0.25, 0.3) is 0 Å². The van der Waals surface area contributed by atoms with Crippen LogP contribution in [-0.2, 0) is 19.4 Å². The van der Waals surface area contributed by atoms with Crippen molar-refractivity contribution in [1.82, 2.24) is 0 Å². The number of hydrogen-bond acceptors (Lipinski definition) is 5. The Morgan fingerprint density at radius 1 is 1.22 bits per heavy atom. The number of methoxy groups -OCH3 is 1. The number of sulfone groups is 1. The SMILES string of the molecule is COC(=O)C(=C(C)N)S(=O)(=O)c1ccc(C)cc1. The van der Waals surface area contributed by atoms with Crippen LogP contribution < -0.4 is 5.73 Å². The van der Waals surface area contributed by atoms with Gasteiger partial charge in [-0.05, 0) is 26.0 Å². The van der Waals surface area contributed by atoms with Crippen molar-refractivity contribution in [3.8, 4) is 0 Å². The predicted octanol–water partition coefficient (Wildman–Crippen LogP) is 1.13. The largest absolute Gasteiger partial charge is 0.465 e. The van der Waals surface area contributed by atoms with Gasteiger partial charge in [0.25, 0.3) is 0 Å². The Balaban J connectivity index is 3.41. The zero-order chi connectivity index (χ0) is 13.9. The molecular weight excluding hydrogens is 254 g/mol. The zero-order valence-corrected chi connectivity index (χ0v) is 11.2. The van der Waals surface area contributed by atoms with Gasteiger partial charge < -0.3 is 10.5 Å². The summed E-state index contributed by atoms with van der Waals surface area (Å²) in [4.78, 5) is 11.0. The van der Waals surface area contributed by atoms with E-state index in [1.54, 1.807) is 12.1 Å². The third kappa shape index (κ3) is 2.70. The van der Waals surface area contributed by atoms with E-state index in [2.05, 4.69) is 4.74 Å². The number of ether oxygens (including phenoxy) is 1. The molecule has 0 radical (unpaired) electrons. The number of nitrogens with two attached hydrogens (primary N) is 1. The average molecular weight is 269 g/mol. The molecule has 0 aliphatic carbocycles. The number of aryl methyl sites for hydroxylation is 1. The number of carbonyl (C=O) groups excluding carboxylic acids is 1. The molecule has 0 unspecified atom stereocenters. The van der Waals surface area contributed by atoms with Crippen LogP contribution in [-0.4, -0.2) is 21.5 Å². The Hall–Kier alpha value is -1.82. The van der Waals surface area contributed by atoms with Gasteiger partial charge in [-0.3, -0.25) is 0 Å². The predicted molar refractivity (Wildman–Crippen MR) is 67.3 cm³/mol. The van der Waals surface area contributed by atoms with E-state index in [1.165, 1.54) is 19.1 Å². The smallest absolute Gasteiger partial charge is 0.351 e. The van der Waals surface area contributed by atoms with Gasteiger partial charge in [-0.1, -0.05) is 17.7 Å². The maximum atomic E-state index is 12.2. The van der Waals surface area contributed by atoms with E-state index >= 15 is 0 Å². The molecule has 18 heavy (non-hydrogen) atoms. The minimum atomic E-state index is -3.95. The van der Waals surface area contributed by atoms with Crippen molar-refractivity contribution in [2.45, 2.75) is 18.7 Å². The Kier molecular flexibility index (Phi) is 4.13. The third-order valence-corrected chi connectivity index (χ3v) is 4.25. The molecule has 1 aromatic rings. The molecule has 6 heteroatoms. The zero-order valence-electron chi connectivity index (χ0n) is 10.4. The molecule has 98 valence electrons. The first-order chi connectivity index (χ1) is 8.30. The van der Waals surface area contributed by atoms with Crippen LogP contribution in [0.3, 0.4) is 0 Å². The third-order valence-electron chi connectivity index (χ3n) is 2.33. The highest BCUT2D eigenvalue weighted by Crippen LogP contribution is 2.22. The van der Waals surface area contributed by atoms with E-state index in [4.69, 9.17) is 5.73 Å². The maximum absolute atomic E-state index is 12.2. The Morgan fingerprint density at radius 3 is 2.11 bits per heavy atom. The fourth-order valence-corrected chi connectivity index (χ4v) is 2.87. The number of rotatable bonds is 3. The Morgan fingerprint density at radius 2 is 1.72 bits per heavy atom. The number of benzene rings is 1. The summed E-state index contributed by atoms with van der Waals surface area (Å²) in [5, 5.41) is 0. The monoisotopic (exact) mass is 269 g/mol. The molecule has 0 saturated carbocycles. The lowest BCUT2D eigenvalue weighted by molar-refractivity contribution is -0.135. The molecule has 5 nitrogen and oxygen atoms in total. The molecule has 1 aromatic carbocycles. The standard InChI is InChI=1S/C12H15NO4S/c1-8-4-6-10(7-5-8)18(15,16)11(9(2)13)12(14)17-3/h4-7H,13H2,1-3H3. The highest BCUT2D eigenvalue weighted by Gasteiger charge is 2.29. The topological polar surface area (TPSA) is 86.5 Å². The van der Waals surface area contributed by atoms with E-state index in [9.17, 15) is 13.2 Å². The molecular formula is C12H15NO4S. The first-order valence-electron chi connectivity index (χ1n) is 5.17. The summed E-state index contributed by atoms with van der Waals surface area (Å²) < 4.78 is 28.9. The molecule has 0 saturated heterocycles. The van der Waals surface area contributed by atoms with Crippen LogP contribution in [0.4, 0.5) is 0 Å². The second-order valence-corrected chi connectivity index (χ2v) is 5.71. The summed E-state index contributed by atoms with van der Waals surface area (Å²) in [7, 11) is -2.84. The molecule has 2 N–H and O–H groups in total. The van der Waals surface area contributed by atoms with Crippen LogP contribution in [0.2, 0.25) is 0 Å². The Labute approximate surface area is 106 Å². The molecule has 0 bridgehead atoms. The second-order valence-electron chi connectivity index (χ2n) is 3.82. The van der Waals surface area contributed by atoms with Gasteiger partial charge in [0.1, 0.15) is 0 Å². The molecule has 0 heterocycles. The molecule has 0 aliphatic rings. The quantitative estimate of drug-likeness (QED) is 0.656. The van der Waals surface area contributed by atoms with E-state index in [1.807, 2.05) is 6.92 Å². The van der Waals surface area contributed by atoms with Gasteiger partial charge in [0.2, 0.25) is 9.84 Å². The van der Waals surface area contributed by atoms with E-state index < -0.39 is 20.7 Å². The van der Waals surface area contributed by atoms with Crippen molar-refractivity contribution in [1.29, 1.82) is 0 Å². The van der Waals surface area contributed by atoms with E-state index in [-0.39, 0.29) is 10.6 Å². The first kappa shape index (κ1) is 14.2. The molecule has 0 aromatic heterocycles. The summed E-state index contributed by atoms with van der Waals surface area (Å²) in [6.07, 6.45) is 0. The maximum Gasteiger partial charge on any atom is 0.351 e. The van der Waals surface area contributed by atoms with Gasteiger partial charge in [-0.15, -0.1) is 0 Å². The van der Waals surface area contributed by atoms with Gasteiger partial charge in [0, 0.05) is 5.70 Å². The number of carbonyl (C=O) groups is 1. The fourth-order valence-electron chi connectivity index (χ4n) is 1.41. The van der Waals surface area contributed by atoms with Crippen LogP contribution in [0, 0.1) is 6.92 Å². The van der Waals surface area contributed by atoms with Crippen molar-refractivity contribution in [2.75, 3.05) is 7.11 Å². The van der Waals surface area contributed by atoms with Crippen molar-refractivity contribution < 1.29 is 17.9 Å². The normalized spacial score (nSPS) is 12.8.